The predicted molar refractivity (Wildman–Crippen MR) is 87.6 cm³/mol. The van der Waals surface area contributed by atoms with Crippen molar-refractivity contribution in [3.8, 4) is 0 Å². The summed E-state index contributed by atoms with van der Waals surface area (Å²) in [5.41, 5.74) is 8.00. The standard InChI is InChI=1S/C16H27N3O2/c1-12(2)11-21-9-5-8-18-15-10-13(6-7-14(15)17)16(20)19(3)4/h6-7,10,12,18H,5,8-9,11,17H2,1-4H3. The summed E-state index contributed by atoms with van der Waals surface area (Å²) in [7, 11) is 3.47. The zero-order chi connectivity index (χ0) is 15.8. The van der Waals surface area contributed by atoms with Crippen molar-refractivity contribution in [1.29, 1.82) is 0 Å². The number of benzene rings is 1. The normalized spacial score (nSPS) is 10.7. The molecule has 1 aromatic carbocycles. The molecule has 0 radical (unpaired) electrons. The van der Waals surface area contributed by atoms with Gasteiger partial charge < -0.3 is 20.7 Å². The second-order valence-corrected chi connectivity index (χ2v) is 5.75. The molecule has 0 aliphatic rings. The van der Waals surface area contributed by atoms with E-state index in [2.05, 4.69) is 19.2 Å². The summed E-state index contributed by atoms with van der Waals surface area (Å²) >= 11 is 0. The summed E-state index contributed by atoms with van der Waals surface area (Å²) in [5, 5.41) is 3.26. The van der Waals surface area contributed by atoms with E-state index < -0.39 is 0 Å². The molecule has 3 N–H and O–H groups in total. The van der Waals surface area contributed by atoms with Gasteiger partial charge >= 0.3 is 0 Å². The molecular weight excluding hydrogens is 266 g/mol. The Hall–Kier alpha value is -1.75. The maximum atomic E-state index is 11.9. The molecule has 5 heteroatoms. The van der Waals surface area contributed by atoms with E-state index in [1.54, 1.807) is 37.2 Å². The van der Waals surface area contributed by atoms with Crippen LogP contribution < -0.4 is 11.1 Å². The van der Waals surface area contributed by atoms with E-state index in [0.29, 0.717) is 17.2 Å². The molecular formula is C16H27N3O2. The monoisotopic (exact) mass is 293 g/mol. The first-order valence-corrected chi connectivity index (χ1v) is 7.34. The first-order chi connectivity index (χ1) is 9.91. The summed E-state index contributed by atoms with van der Waals surface area (Å²) < 4.78 is 5.52. The van der Waals surface area contributed by atoms with Crippen LogP contribution in [0.3, 0.4) is 0 Å². The van der Waals surface area contributed by atoms with Crippen LogP contribution in [0.5, 0.6) is 0 Å². The van der Waals surface area contributed by atoms with E-state index in [-0.39, 0.29) is 5.91 Å². The zero-order valence-corrected chi connectivity index (χ0v) is 13.5. The third-order valence-corrected chi connectivity index (χ3v) is 2.94. The number of rotatable bonds is 8. The van der Waals surface area contributed by atoms with E-state index >= 15 is 0 Å². The van der Waals surface area contributed by atoms with Gasteiger partial charge in [-0.3, -0.25) is 4.79 Å². The largest absolute Gasteiger partial charge is 0.397 e. The number of ether oxygens (including phenoxy) is 1. The third-order valence-electron chi connectivity index (χ3n) is 2.94. The minimum atomic E-state index is -0.0293. The summed E-state index contributed by atoms with van der Waals surface area (Å²) in [4.78, 5) is 13.5. The maximum Gasteiger partial charge on any atom is 0.253 e. The fourth-order valence-electron chi connectivity index (χ4n) is 1.82. The van der Waals surface area contributed by atoms with Gasteiger partial charge in [0.1, 0.15) is 0 Å². The van der Waals surface area contributed by atoms with Crippen molar-refractivity contribution in [2.75, 3.05) is 44.9 Å². The smallest absolute Gasteiger partial charge is 0.253 e. The molecule has 0 unspecified atom stereocenters. The number of hydrogen-bond acceptors (Lipinski definition) is 4. The molecule has 0 spiro atoms. The number of amides is 1. The van der Waals surface area contributed by atoms with E-state index in [0.717, 1.165) is 31.9 Å². The van der Waals surface area contributed by atoms with Gasteiger partial charge in [-0.1, -0.05) is 13.8 Å². The summed E-state index contributed by atoms with van der Waals surface area (Å²) in [6.45, 7) is 6.54. The van der Waals surface area contributed by atoms with Crippen LogP contribution in [-0.4, -0.2) is 44.7 Å². The molecule has 1 amide bonds. The van der Waals surface area contributed by atoms with Crippen molar-refractivity contribution in [2.24, 2.45) is 5.92 Å². The Morgan fingerprint density at radius 2 is 2.10 bits per heavy atom. The lowest BCUT2D eigenvalue weighted by Gasteiger charge is -2.14. The summed E-state index contributed by atoms with van der Waals surface area (Å²) in [6.07, 6.45) is 0.901. The highest BCUT2D eigenvalue weighted by atomic mass is 16.5. The van der Waals surface area contributed by atoms with Gasteiger partial charge in [0.05, 0.1) is 11.4 Å². The van der Waals surface area contributed by atoms with Gasteiger partial charge in [0, 0.05) is 39.4 Å². The van der Waals surface area contributed by atoms with Crippen LogP contribution in [0, 0.1) is 5.92 Å². The first-order valence-electron chi connectivity index (χ1n) is 7.34. The highest BCUT2D eigenvalue weighted by Gasteiger charge is 2.10. The Kier molecular flexibility index (Phi) is 7.02. The average molecular weight is 293 g/mol. The lowest BCUT2D eigenvalue weighted by molar-refractivity contribution is 0.0827. The molecule has 0 bridgehead atoms. The van der Waals surface area contributed by atoms with Crippen LogP contribution in [-0.2, 0) is 4.74 Å². The van der Waals surface area contributed by atoms with E-state index in [1.165, 1.54) is 0 Å². The van der Waals surface area contributed by atoms with Crippen LogP contribution in [0.2, 0.25) is 0 Å². The number of nitrogens with one attached hydrogen (secondary N) is 1. The fraction of sp³-hybridized carbons (Fsp3) is 0.562. The quantitative estimate of drug-likeness (QED) is 0.570. The van der Waals surface area contributed by atoms with Crippen molar-refractivity contribution in [3.63, 3.8) is 0 Å². The fourth-order valence-corrected chi connectivity index (χ4v) is 1.82. The van der Waals surface area contributed by atoms with E-state index in [9.17, 15) is 4.79 Å². The molecule has 0 fully saturated rings. The molecule has 0 heterocycles. The lowest BCUT2D eigenvalue weighted by Crippen LogP contribution is -2.22. The Labute approximate surface area is 127 Å². The number of carbonyl (C=O) groups is 1. The van der Waals surface area contributed by atoms with Crippen LogP contribution in [0.4, 0.5) is 11.4 Å². The van der Waals surface area contributed by atoms with Gasteiger partial charge in [-0.2, -0.15) is 0 Å². The summed E-state index contributed by atoms with van der Waals surface area (Å²) in [5.74, 6) is 0.528. The van der Waals surface area contributed by atoms with Crippen LogP contribution in [0.1, 0.15) is 30.6 Å². The molecule has 0 aromatic heterocycles. The Balaban J connectivity index is 2.47. The number of hydrogen-bond donors (Lipinski definition) is 2. The molecule has 0 atom stereocenters. The van der Waals surface area contributed by atoms with Crippen LogP contribution in [0.25, 0.3) is 0 Å². The third kappa shape index (κ3) is 6.04. The second kappa shape index (κ2) is 8.52. The van der Waals surface area contributed by atoms with Crippen molar-refractivity contribution in [1.82, 2.24) is 4.90 Å². The van der Waals surface area contributed by atoms with Crippen molar-refractivity contribution < 1.29 is 9.53 Å². The molecule has 118 valence electrons. The number of nitrogens with two attached hydrogens (primary N) is 1. The zero-order valence-electron chi connectivity index (χ0n) is 13.5. The molecule has 5 nitrogen and oxygen atoms in total. The van der Waals surface area contributed by atoms with Crippen molar-refractivity contribution in [2.45, 2.75) is 20.3 Å². The molecule has 0 saturated carbocycles. The van der Waals surface area contributed by atoms with E-state index in [4.69, 9.17) is 10.5 Å². The van der Waals surface area contributed by atoms with Gasteiger partial charge in [0.2, 0.25) is 0 Å². The lowest BCUT2D eigenvalue weighted by atomic mass is 10.1. The van der Waals surface area contributed by atoms with Crippen LogP contribution in [0.15, 0.2) is 18.2 Å². The molecule has 0 saturated heterocycles. The molecule has 1 rings (SSSR count). The van der Waals surface area contributed by atoms with Crippen molar-refractivity contribution in [3.05, 3.63) is 23.8 Å². The Morgan fingerprint density at radius 1 is 1.38 bits per heavy atom. The molecule has 1 aromatic rings. The summed E-state index contributed by atoms with van der Waals surface area (Å²) in [6, 6.07) is 5.30. The highest BCUT2D eigenvalue weighted by Crippen LogP contribution is 2.20. The molecule has 0 aliphatic heterocycles. The maximum absolute atomic E-state index is 11.9. The number of nitrogen functional groups attached to an aromatic ring is 1. The Morgan fingerprint density at radius 3 is 2.71 bits per heavy atom. The van der Waals surface area contributed by atoms with Crippen molar-refractivity contribution >= 4 is 17.3 Å². The SMILES string of the molecule is CC(C)COCCCNc1cc(C(=O)N(C)C)ccc1N. The molecule has 0 aliphatic carbocycles. The Bertz CT molecular complexity index is 459. The number of carbonyl (C=O) groups excluding carboxylic acids is 1. The molecule has 21 heavy (non-hydrogen) atoms. The highest BCUT2D eigenvalue weighted by molar-refractivity contribution is 5.95. The number of nitrogens with zero attached hydrogens (tertiary/aromatic N) is 1. The minimum absolute atomic E-state index is 0.0293. The van der Waals surface area contributed by atoms with Gasteiger partial charge in [-0.15, -0.1) is 0 Å². The van der Waals surface area contributed by atoms with Gasteiger partial charge in [0.15, 0.2) is 0 Å². The first kappa shape index (κ1) is 17.3. The van der Waals surface area contributed by atoms with Crippen LogP contribution >= 0.6 is 0 Å². The van der Waals surface area contributed by atoms with Gasteiger partial charge in [0.25, 0.3) is 5.91 Å². The minimum Gasteiger partial charge on any atom is -0.397 e. The van der Waals surface area contributed by atoms with Gasteiger partial charge in [-0.05, 0) is 30.5 Å². The van der Waals surface area contributed by atoms with Gasteiger partial charge in [-0.25, -0.2) is 0 Å². The average Bonchev–Trinajstić information content (AvgIpc) is 2.43. The van der Waals surface area contributed by atoms with E-state index in [1.807, 2.05) is 0 Å². The number of anilines is 2. The predicted octanol–water partition coefficient (Wildman–Crippen LogP) is 2.45. The second-order valence-electron chi connectivity index (χ2n) is 5.75. The topological polar surface area (TPSA) is 67.6 Å².